The molecule has 4 atom stereocenters. The fraction of sp³-hybridized carbons (Fsp3) is 1.00. The Morgan fingerprint density at radius 1 is 1.15 bits per heavy atom. The Morgan fingerprint density at radius 2 is 1.90 bits per heavy atom. The van der Waals surface area contributed by atoms with Crippen molar-refractivity contribution >= 4 is 0 Å². The first-order valence-electron chi connectivity index (χ1n) is 8.52. The summed E-state index contributed by atoms with van der Waals surface area (Å²) in [6, 6.07) is 0.737. The number of nitrogens with zero attached hydrogens (tertiary/aromatic N) is 1. The molecule has 1 saturated carbocycles. The Balaban J connectivity index is 1.95. The fourth-order valence-electron chi connectivity index (χ4n) is 4.09. The van der Waals surface area contributed by atoms with Crippen LogP contribution in [0, 0.1) is 17.3 Å². The summed E-state index contributed by atoms with van der Waals surface area (Å²) in [6.07, 6.45) is 7.42. The summed E-state index contributed by atoms with van der Waals surface area (Å²) in [4.78, 5) is 2.51. The predicted octanol–water partition coefficient (Wildman–Crippen LogP) is 2.62. The maximum absolute atomic E-state index is 9.57. The minimum absolute atomic E-state index is 0.310. The zero-order valence-corrected chi connectivity index (χ0v) is 13.6. The predicted molar refractivity (Wildman–Crippen MR) is 84.6 cm³/mol. The first-order valence-corrected chi connectivity index (χ1v) is 8.52. The molecule has 0 radical (unpaired) electrons. The standard InChI is InChI=1S/C17H34N2O/c1-17(2,3)14-7-8-16(18)13(10-14)11-19-9-5-4-6-15(19)12-20/h13-16,20H,4-12,18H2,1-3H3. The zero-order valence-electron chi connectivity index (χ0n) is 13.6. The topological polar surface area (TPSA) is 49.5 Å². The number of hydrogen-bond acceptors (Lipinski definition) is 3. The average Bonchev–Trinajstić information content (AvgIpc) is 2.40. The van der Waals surface area contributed by atoms with Gasteiger partial charge in [0.2, 0.25) is 0 Å². The second kappa shape index (κ2) is 6.76. The fourth-order valence-corrected chi connectivity index (χ4v) is 4.09. The Bertz CT molecular complexity index is 300. The van der Waals surface area contributed by atoms with Crippen LogP contribution < -0.4 is 5.73 Å². The van der Waals surface area contributed by atoms with Gasteiger partial charge in [-0.05, 0) is 55.9 Å². The van der Waals surface area contributed by atoms with E-state index in [4.69, 9.17) is 5.73 Å². The third kappa shape index (κ3) is 3.96. The van der Waals surface area contributed by atoms with Crippen LogP contribution in [0.25, 0.3) is 0 Å². The number of aliphatic hydroxyl groups is 1. The Kier molecular flexibility index (Phi) is 5.49. The van der Waals surface area contributed by atoms with Gasteiger partial charge in [0.15, 0.2) is 0 Å². The highest BCUT2D eigenvalue weighted by atomic mass is 16.3. The van der Waals surface area contributed by atoms with E-state index in [1.54, 1.807) is 0 Å². The second-order valence-electron chi connectivity index (χ2n) is 8.13. The second-order valence-corrected chi connectivity index (χ2v) is 8.13. The van der Waals surface area contributed by atoms with Gasteiger partial charge < -0.3 is 10.8 Å². The van der Waals surface area contributed by atoms with Crippen molar-refractivity contribution < 1.29 is 5.11 Å². The van der Waals surface area contributed by atoms with Crippen molar-refractivity contribution in [2.75, 3.05) is 19.7 Å². The number of likely N-dealkylation sites (tertiary alicyclic amines) is 1. The van der Waals surface area contributed by atoms with E-state index in [9.17, 15) is 5.11 Å². The van der Waals surface area contributed by atoms with E-state index in [1.807, 2.05) is 0 Å². The van der Waals surface area contributed by atoms with Gasteiger partial charge in [-0.2, -0.15) is 0 Å². The van der Waals surface area contributed by atoms with Crippen molar-refractivity contribution in [2.45, 2.75) is 71.4 Å². The Morgan fingerprint density at radius 3 is 2.55 bits per heavy atom. The molecule has 2 aliphatic rings. The van der Waals surface area contributed by atoms with Crippen molar-refractivity contribution in [3.63, 3.8) is 0 Å². The molecule has 20 heavy (non-hydrogen) atoms. The van der Waals surface area contributed by atoms with Gasteiger partial charge in [0.1, 0.15) is 0 Å². The highest BCUT2D eigenvalue weighted by molar-refractivity contribution is 4.90. The van der Waals surface area contributed by atoms with E-state index in [2.05, 4.69) is 25.7 Å². The first-order chi connectivity index (χ1) is 9.41. The van der Waals surface area contributed by atoms with E-state index in [-0.39, 0.29) is 0 Å². The quantitative estimate of drug-likeness (QED) is 0.836. The van der Waals surface area contributed by atoms with E-state index >= 15 is 0 Å². The zero-order chi connectivity index (χ0) is 14.8. The minimum atomic E-state index is 0.310. The average molecular weight is 282 g/mol. The molecule has 3 heteroatoms. The van der Waals surface area contributed by atoms with Crippen LogP contribution in [-0.4, -0.2) is 41.8 Å². The Labute approximate surface area is 124 Å². The lowest BCUT2D eigenvalue weighted by Gasteiger charge is -2.44. The lowest BCUT2D eigenvalue weighted by molar-refractivity contribution is 0.0461. The largest absolute Gasteiger partial charge is 0.395 e. The summed E-state index contributed by atoms with van der Waals surface area (Å²) in [5.41, 5.74) is 6.80. The third-order valence-corrected chi connectivity index (χ3v) is 5.69. The van der Waals surface area contributed by atoms with Crippen LogP contribution in [0.1, 0.15) is 59.3 Å². The molecule has 0 amide bonds. The van der Waals surface area contributed by atoms with Gasteiger partial charge in [-0.15, -0.1) is 0 Å². The molecular formula is C17H34N2O. The summed E-state index contributed by atoms with van der Waals surface area (Å²) in [5, 5.41) is 9.57. The normalized spacial score (nSPS) is 37.0. The molecular weight excluding hydrogens is 248 g/mol. The number of nitrogens with two attached hydrogens (primary N) is 1. The first kappa shape index (κ1) is 16.3. The summed E-state index contributed by atoms with van der Waals surface area (Å²) in [7, 11) is 0. The molecule has 0 spiro atoms. The lowest BCUT2D eigenvalue weighted by Crippen LogP contribution is -2.50. The molecule has 4 unspecified atom stereocenters. The molecule has 2 fully saturated rings. The van der Waals surface area contributed by atoms with Crippen LogP contribution >= 0.6 is 0 Å². The SMILES string of the molecule is CC(C)(C)C1CCC(N)C(CN2CCCCC2CO)C1. The molecule has 2 rings (SSSR count). The summed E-state index contributed by atoms with van der Waals surface area (Å²) in [5.74, 6) is 1.41. The number of hydrogen-bond donors (Lipinski definition) is 2. The van der Waals surface area contributed by atoms with Gasteiger partial charge in [-0.1, -0.05) is 27.2 Å². The van der Waals surface area contributed by atoms with Gasteiger partial charge in [0, 0.05) is 18.6 Å². The lowest BCUT2D eigenvalue weighted by atomic mass is 9.67. The minimum Gasteiger partial charge on any atom is -0.395 e. The highest BCUT2D eigenvalue weighted by Crippen LogP contribution is 2.40. The smallest absolute Gasteiger partial charge is 0.0586 e. The van der Waals surface area contributed by atoms with Crippen LogP contribution in [0.5, 0.6) is 0 Å². The summed E-state index contributed by atoms with van der Waals surface area (Å²) < 4.78 is 0. The molecule has 1 saturated heterocycles. The van der Waals surface area contributed by atoms with E-state index in [1.165, 1.54) is 32.1 Å². The summed E-state index contributed by atoms with van der Waals surface area (Å²) >= 11 is 0. The number of aliphatic hydroxyl groups excluding tert-OH is 1. The van der Waals surface area contributed by atoms with Crippen molar-refractivity contribution in [1.29, 1.82) is 0 Å². The van der Waals surface area contributed by atoms with E-state index in [0.29, 0.717) is 30.0 Å². The van der Waals surface area contributed by atoms with Crippen molar-refractivity contribution in [2.24, 2.45) is 23.0 Å². The van der Waals surface area contributed by atoms with Crippen molar-refractivity contribution in [1.82, 2.24) is 4.90 Å². The van der Waals surface area contributed by atoms with Crippen LogP contribution in [0.15, 0.2) is 0 Å². The summed E-state index contributed by atoms with van der Waals surface area (Å²) in [6.45, 7) is 9.65. The van der Waals surface area contributed by atoms with Crippen LogP contribution in [0.3, 0.4) is 0 Å². The molecule has 0 aromatic carbocycles. The highest BCUT2D eigenvalue weighted by Gasteiger charge is 2.36. The van der Waals surface area contributed by atoms with Gasteiger partial charge in [0.05, 0.1) is 6.61 Å². The van der Waals surface area contributed by atoms with Gasteiger partial charge in [-0.25, -0.2) is 0 Å². The molecule has 1 heterocycles. The molecule has 3 N–H and O–H groups in total. The molecule has 1 aliphatic carbocycles. The number of rotatable bonds is 3. The molecule has 0 bridgehead atoms. The number of piperidine rings is 1. The van der Waals surface area contributed by atoms with Gasteiger partial charge in [-0.3, -0.25) is 4.90 Å². The van der Waals surface area contributed by atoms with Crippen molar-refractivity contribution in [3.8, 4) is 0 Å². The molecule has 3 nitrogen and oxygen atoms in total. The third-order valence-electron chi connectivity index (χ3n) is 5.69. The molecule has 1 aliphatic heterocycles. The molecule has 0 aromatic heterocycles. The van der Waals surface area contributed by atoms with E-state index in [0.717, 1.165) is 25.4 Å². The molecule has 0 aromatic rings. The maximum Gasteiger partial charge on any atom is 0.0586 e. The van der Waals surface area contributed by atoms with Crippen LogP contribution in [0.4, 0.5) is 0 Å². The van der Waals surface area contributed by atoms with Gasteiger partial charge >= 0.3 is 0 Å². The molecule has 118 valence electrons. The van der Waals surface area contributed by atoms with Crippen molar-refractivity contribution in [3.05, 3.63) is 0 Å². The van der Waals surface area contributed by atoms with Gasteiger partial charge in [0.25, 0.3) is 0 Å². The van der Waals surface area contributed by atoms with Crippen LogP contribution in [-0.2, 0) is 0 Å². The maximum atomic E-state index is 9.57. The van der Waals surface area contributed by atoms with Crippen LogP contribution in [0.2, 0.25) is 0 Å². The van der Waals surface area contributed by atoms with E-state index < -0.39 is 0 Å². The Hall–Kier alpha value is -0.120. The monoisotopic (exact) mass is 282 g/mol.